The highest BCUT2D eigenvalue weighted by Crippen LogP contribution is 2.14. The fraction of sp³-hybridized carbons (Fsp3) is 0.886. The van der Waals surface area contributed by atoms with Gasteiger partial charge in [0.2, 0.25) is 5.91 Å². The summed E-state index contributed by atoms with van der Waals surface area (Å²) in [5.74, 6) is -0.973. The molecule has 2 amide bonds. The van der Waals surface area contributed by atoms with Crippen molar-refractivity contribution in [2.45, 2.75) is 168 Å². The number of alkyl carbamates (subject to hydrolysis) is 1. The summed E-state index contributed by atoms with van der Waals surface area (Å²) in [6, 6.07) is -2.08. The van der Waals surface area contributed by atoms with Crippen LogP contribution in [0.4, 0.5) is 4.79 Å². The number of rotatable bonds is 26. The van der Waals surface area contributed by atoms with E-state index in [1.807, 2.05) is 20.8 Å². The van der Waals surface area contributed by atoms with Gasteiger partial charge in [0.1, 0.15) is 11.6 Å². The van der Waals surface area contributed by atoms with Gasteiger partial charge >= 0.3 is 18.0 Å². The Morgan fingerprint density at radius 3 is 1.70 bits per heavy atom. The molecule has 0 saturated carbocycles. The van der Waals surface area contributed by atoms with Crippen molar-refractivity contribution in [1.29, 1.82) is 0 Å². The molecule has 2 atom stereocenters. The normalized spacial score (nSPS) is 13.0. The molecule has 46 heavy (non-hydrogen) atoms. The number of ether oxygens (including phenoxy) is 4. The number of hydrogen-bond acceptors (Lipinski definition) is 9. The Hall–Kier alpha value is -2.01. The van der Waals surface area contributed by atoms with Crippen LogP contribution < -0.4 is 10.6 Å². The van der Waals surface area contributed by atoms with Gasteiger partial charge in [0.05, 0.1) is 32.3 Å². The second-order valence-electron chi connectivity index (χ2n) is 13.8. The summed E-state index contributed by atoms with van der Waals surface area (Å²) in [6.07, 6.45) is 17.2. The summed E-state index contributed by atoms with van der Waals surface area (Å²) in [7, 11) is 1.23. The molecule has 0 unspecified atom stereocenters. The molecule has 0 saturated heterocycles. The molecule has 0 heterocycles. The van der Waals surface area contributed by atoms with E-state index in [-0.39, 0.29) is 24.7 Å². The van der Waals surface area contributed by atoms with Crippen LogP contribution in [-0.4, -0.2) is 79.1 Å². The standard InChI is InChI=1S/C35H66N2O8S/c1-9-10-11-12-13-14-15-16-17-18-19-20-21-22-24-43-30(38)23-25-46-27-29(37-33(41)45-35(5,6)7)31(39)36-28(32(40)42-8)26-44-34(2,3)4/h28-29H,9-27H2,1-8H3,(H,36,39)(H,37,41)/t28-,29-/m0/s1. The van der Waals surface area contributed by atoms with E-state index in [4.69, 9.17) is 18.9 Å². The van der Waals surface area contributed by atoms with Crippen LogP contribution in [0.25, 0.3) is 0 Å². The van der Waals surface area contributed by atoms with Crippen LogP contribution in [0.5, 0.6) is 0 Å². The zero-order valence-corrected chi connectivity index (χ0v) is 31.1. The molecule has 0 aromatic carbocycles. The van der Waals surface area contributed by atoms with E-state index in [1.54, 1.807) is 20.8 Å². The van der Waals surface area contributed by atoms with Crippen LogP contribution in [0.2, 0.25) is 0 Å². The van der Waals surface area contributed by atoms with Crippen molar-refractivity contribution in [3.8, 4) is 0 Å². The highest BCUT2D eigenvalue weighted by Gasteiger charge is 2.30. The van der Waals surface area contributed by atoms with Crippen LogP contribution in [0.3, 0.4) is 0 Å². The van der Waals surface area contributed by atoms with Gasteiger partial charge in [-0.05, 0) is 48.0 Å². The van der Waals surface area contributed by atoms with Crippen LogP contribution in [0, 0.1) is 0 Å². The summed E-state index contributed by atoms with van der Waals surface area (Å²) < 4.78 is 21.2. The molecule has 0 fully saturated rings. The first-order valence-corrected chi connectivity index (χ1v) is 18.6. The quantitative estimate of drug-likeness (QED) is 0.0544. The van der Waals surface area contributed by atoms with Gasteiger partial charge in [0.25, 0.3) is 0 Å². The highest BCUT2D eigenvalue weighted by atomic mass is 32.2. The van der Waals surface area contributed by atoms with E-state index < -0.39 is 41.3 Å². The Kier molecular flexibility index (Phi) is 24.9. The monoisotopic (exact) mass is 674 g/mol. The molecule has 0 aliphatic carbocycles. The van der Waals surface area contributed by atoms with Crippen LogP contribution >= 0.6 is 11.8 Å². The molecular formula is C35H66N2O8S. The van der Waals surface area contributed by atoms with Crippen molar-refractivity contribution in [2.75, 3.05) is 31.8 Å². The predicted octanol–water partition coefficient (Wildman–Crippen LogP) is 7.50. The Morgan fingerprint density at radius 1 is 0.696 bits per heavy atom. The van der Waals surface area contributed by atoms with Gasteiger partial charge in [-0.2, -0.15) is 11.8 Å². The molecule has 270 valence electrons. The number of carbonyl (C=O) groups is 4. The van der Waals surface area contributed by atoms with Gasteiger partial charge < -0.3 is 29.6 Å². The third kappa shape index (κ3) is 27.1. The number of methoxy groups -OCH3 is 1. The summed E-state index contributed by atoms with van der Waals surface area (Å²) in [5.41, 5.74) is -1.30. The van der Waals surface area contributed by atoms with Gasteiger partial charge in [0.15, 0.2) is 6.04 Å². The first kappa shape index (κ1) is 44.0. The molecule has 0 aromatic rings. The van der Waals surface area contributed by atoms with E-state index in [0.717, 1.165) is 19.3 Å². The summed E-state index contributed by atoms with van der Waals surface area (Å²) in [6.45, 7) is 13.2. The SMILES string of the molecule is CCCCCCCCCCCCCCCCOC(=O)CCSC[C@H](NC(=O)OC(C)(C)C)C(=O)N[C@@H](COC(C)(C)C)C(=O)OC. The van der Waals surface area contributed by atoms with Gasteiger partial charge in [-0.25, -0.2) is 9.59 Å². The number of carbonyl (C=O) groups excluding carboxylic acids is 4. The molecule has 0 aliphatic heterocycles. The van der Waals surface area contributed by atoms with Crippen LogP contribution in [-0.2, 0) is 33.3 Å². The highest BCUT2D eigenvalue weighted by molar-refractivity contribution is 7.99. The van der Waals surface area contributed by atoms with E-state index in [9.17, 15) is 19.2 Å². The third-order valence-corrected chi connectivity index (χ3v) is 8.05. The van der Waals surface area contributed by atoms with Crippen molar-refractivity contribution in [1.82, 2.24) is 10.6 Å². The van der Waals surface area contributed by atoms with Crippen LogP contribution in [0.15, 0.2) is 0 Å². The number of nitrogens with one attached hydrogen (secondary N) is 2. The molecule has 11 heteroatoms. The van der Waals surface area contributed by atoms with E-state index in [1.165, 1.54) is 89.5 Å². The molecule has 0 radical (unpaired) electrons. The number of esters is 2. The second-order valence-corrected chi connectivity index (χ2v) is 15.0. The number of unbranched alkanes of at least 4 members (excludes halogenated alkanes) is 13. The minimum Gasteiger partial charge on any atom is -0.467 e. The number of thioether (sulfide) groups is 1. The van der Waals surface area contributed by atoms with E-state index in [2.05, 4.69) is 17.6 Å². The van der Waals surface area contributed by atoms with Crippen molar-refractivity contribution in [3.63, 3.8) is 0 Å². The molecule has 0 bridgehead atoms. The lowest BCUT2D eigenvalue weighted by Crippen LogP contribution is -2.55. The van der Waals surface area contributed by atoms with Crippen molar-refractivity contribution >= 4 is 35.7 Å². The summed E-state index contributed by atoms with van der Waals surface area (Å²) in [4.78, 5) is 50.1. The average Bonchev–Trinajstić information content (AvgIpc) is 2.96. The van der Waals surface area contributed by atoms with E-state index >= 15 is 0 Å². The largest absolute Gasteiger partial charge is 0.467 e. The van der Waals surface area contributed by atoms with Crippen molar-refractivity contribution < 1.29 is 38.1 Å². The molecule has 0 rings (SSSR count). The minimum atomic E-state index is -1.06. The second kappa shape index (κ2) is 26.0. The smallest absolute Gasteiger partial charge is 0.408 e. The average molecular weight is 675 g/mol. The van der Waals surface area contributed by atoms with Gasteiger partial charge in [-0.1, -0.05) is 90.4 Å². The van der Waals surface area contributed by atoms with Gasteiger partial charge in [-0.3, -0.25) is 9.59 Å². The van der Waals surface area contributed by atoms with E-state index in [0.29, 0.717) is 12.4 Å². The first-order valence-electron chi connectivity index (χ1n) is 17.4. The zero-order chi connectivity index (χ0) is 34.8. The zero-order valence-electron chi connectivity index (χ0n) is 30.3. The first-order chi connectivity index (χ1) is 21.7. The van der Waals surface area contributed by atoms with Crippen molar-refractivity contribution in [3.05, 3.63) is 0 Å². The Morgan fingerprint density at radius 2 is 1.22 bits per heavy atom. The molecule has 10 nitrogen and oxygen atoms in total. The third-order valence-electron chi connectivity index (χ3n) is 6.99. The molecule has 0 aliphatic rings. The summed E-state index contributed by atoms with van der Waals surface area (Å²) in [5, 5.41) is 5.19. The van der Waals surface area contributed by atoms with Gasteiger partial charge in [-0.15, -0.1) is 0 Å². The van der Waals surface area contributed by atoms with Crippen molar-refractivity contribution in [2.24, 2.45) is 0 Å². The lowest BCUT2D eigenvalue weighted by atomic mass is 10.0. The van der Waals surface area contributed by atoms with Crippen LogP contribution in [0.1, 0.15) is 145 Å². The minimum absolute atomic E-state index is 0.0979. The molecule has 0 aromatic heterocycles. The summed E-state index contributed by atoms with van der Waals surface area (Å²) >= 11 is 1.32. The maximum atomic E-state index is 13.1. The lowest BCUT2D eigenvalue weighted by Gasteiger charge is -2.26. The maximum absolute atomic E-state index is 13.1. The fourth-order valence-electron chi connectivity index (χ4n) is 4.46. The number of hydrogen-bond donors (Lipinski definition) is 2. The topological polar surface area (TPSA) is 129 Å². The lowest BCUT2D eigenvalue weighted by molar-refractivity contribution is -0.148. The fourth-order valence-corrected chi connectivity index (χ4v) is 5.41. The predicted molar refractivity (Wildman–Crippen MR) is 186 cm³/mol. The Labute approximate surface area is 283 Å². The molecular weight excluding hydrogens is 608 g/mol. The Bertz CT molecular complexity index is 841. The Balaban J connectivity index is 4.42. The maximum Gasteiger partial charge on any atom is 0.408 e. The molecule has 2 N–H and O–H groups in total. The number of amides is 2. The van der Waals surface area contributed by atoms with Gasteiger partial charge in [0, 0.05) is 11.5 Å². The molecule has 0 spiro atoms.